The standard InChI is InChI=1S/C26H32F6IN4O3/c1-15-2-3-17(11-33-36-15)24(40)8-6-19(7-9-24)37-13-18(14-37)35-22(38)12-34-23(39)20-10-16(25(27,28)29)4-5-21(20)26(30,31)32/h2,4-5,10,17-19,36,40H,3,6-9,11-14H2,1H3,(H,34,39)(H,35,38)/q-1. The van der Waals surface area contributed by atoms with E-state index in [2.05, 4.69) is 26.7 Å². The van der Waals surface area contributed by atoms with Gasteiger partial charge in [-0.15, -0.1) is 0 Å². The van der Waals surface area contributed by atoms with Crippen molar-refractivity contribution < 1.29 is 62.5 Å². The maximum absolute atomic E-state index is 13.3. The Labute approximate surface area is 238 Å². The van der Waals surface area contributed by atoms with Crippen molar-refractivity contribution in [3.05, 3.63) is 46.7 Å². The van der Waals surface area contributed by atoms with E-state index >= 15 is 0 Å². The number of hydrogen-bond donors (Lipinski definition) is 4. The molecule has 1 aromatic rings. The van der Waals surface area contributed by atoms with Crippen molar-refractivity contribution in [2.45, 2.75) is 69.1 Å². The van der Waals surface area contributed by atoms with Gasteiger partial charge in [0.2, 0.25) is 0 Å². The molecule has 1 aromatic carbocycles. The molecule has 2 aliphatic heterocycles. The summed E-state index contributed by atoms with van der Waals surface area (Å²) in [5, 5.41) is 16.0. The number of amides is 2. The summed E-state index contributed by atoms with van der Waals surface area (Å²) in [6, 6.07) is 0.674. The predicted octanol–water partition coefficient (Wildman–Crippen LogP) is 0.445. The van der Waals surface area contributed by atoms with E-state index in [4.69, 9.17) is 0 Å². The molecule has 224 valence electrons. The van der Waals surface area contributed by atoms with Crippen molar-refractivity contribution in [1.82, 2.24) is 19.1 Å². The topological polar surface area (TPSA) is 93.7 Å². The molecule has 2 amide bonds. The summed E-state index contributed by atoms with van der Waals surface area (Å²) in [5.41, 5.74) is -3.60. The van der Waals surface area contributed by atoms with Crippen LogP contribution in [0.3, 0.4) is 0 Å². The first kappa shape index (κ1) is 30.9. The first-order chi connectivity index (χ1) is 18.7. The Balaban J connectivity index is 1.23. The summed E-state index contributed by atoms with van der Waals surface area (Å²) in [5.74, 6) is -1.81. The third-order valence-corrected chi connectivity index (χ3v) is 10.6. The summed E-state index contributed by atoms with van der Waals surface area (Å²) < 4.78 is 83.2. The van der Waals surface area contributed by atoms with Crippen LogP contribution in [0.15, 0.2) is 30.0 Å². The number of likely N-dealkylation sites (tertiary alicyclic amines) is 1. The van der Waals surface area contributed by atoms with Crippen molar-refractivity contribution in [3.63, 3.8) is 0 Å². The Hall–Kier alpha value is -2.07. The minimum absolute atomic E-state index is 0.136. The van der Waals surface area contributed by atoms with Crippen molar-refractivity contribution >= 4 is 11.8 Å². The molecule has 40 heavy (non-hydrogen) atoms. The van der Waals surface area contributed by atoms with E-state index in [1.807, 2.05) is 5.32 Å². The minimum atomic E-state index is -5.05. The van der Waals surface area contributed by atoms with Crippen molar-refractivity contribution in [3.8, 4) is 0 Å². The van der Waals surface area contributed by atoms with Gasteiger partial charge in [-0.2, -0.15) is 26.3 Å². The first-order valence-electron chi connectivity index (χ1n) is 13.0. The molecule has 14 heteroatoms. The van der Waals surface area contributed by atoms with Crippen LogP contribution >= 0.6 is 0 Å². The molecule has 0 spiro atoms. The second kappa shape index (κ2) is 12.0. The van der Waals surface area contributed by atoms with Gasteiger partial charge in [0.25, 0.3) is 5.91 Å². The van der Waals surface area contributed by atoms with Gasteiger partial charge < -0.3 is 5.32 Å². The van der Waals surface area contributed by atoms with E-state index in [-0.39, 0.29) is 57.7 Å². The Kier molecular flexibility index (Phi) is 9.29. The number of hydrogen-bond acceptors (Lipinski definition) is 5. The second-order valence-electron chi connectivity index (χ2n) is 10.7. The number of nitrogens with one attached hydrogen (secondary N) is 3. The zero-order valence-corrected chi connectivity index (χ0v) is 23.9. The fraction of sp³-hybridized carbons (Fsp3) is 0.615. The Morgan fingerprint density at radius 1 is 1.12 bits per heavy atom. The molecule has 2 fully saturated rings. The molecule has 1 saturated heterocycles. The van der Waals surface area contributed by atoms with Crippen LogP contribution in [0.2, 0.25) is 0 Å². The number of allylic oxidation sites excluding steroid dienone is 2. The van der Waals surface area contributed by atoms with E-state index in [0.717, 1.165) is 23.7 Å². The van der Waals surface area contributed by atoms with E-state index in [1.54, 1.807) is 0 Å². The quantitative estimate of drug-likeness (QED) is 0.151. The zero-order valence-electron chi connectivity index (χ0n) is 21.8. The van der Waals surface area contributed by atoms with Crippen LogP contribution in [0.4, 0.5) is 26.3 Å². The molecule has 2 heterocycles. The Morgan fingerprint density at radius 2 is 1.80 bits per heavy atom. The molecule has 4 rings (SSSR count). The average Bonchev–Trinajstić information content (AvgIpc) is 3.08. The molecule has 1 saturated carbocycles. The Bertz CT molecular complexity index is 1130. The number of carbonyl (C=O) groups is 2. The number of benzene rings is 1. The number of halogens is 7. The number of alkyl halides is 7. The first-order valence-corrected chi connectivity index (χ1v) is 15.6. The third-order valence-electron chi connectivity index (χ3n) is 7.87. The fourth-order valence-corrected chi connectivity index (χ4v) is 8.24. The van der Waals surface area contributed by atoms with Crippen LogP contribution in [-0.4, -0.2) is 63.6 Å². The summed E-state index contributed by atoms with van der Waals surface area (Å²) in [6.07, 6.45) is -3.82. The van der Waals surface area contributed by atoms with E-state index in [1.165, 1.54) is 5.70 Å². The SMILES string of the molecule is CC1=CCC(C2(O)CCC(N3CC(NC(=O)CNC(=O)c4cc(C(F)(F)F)ccc4C(F)(F)F)C3)CC2)C[I-]N1. The summed E-state index contributed by atoms with van der Waals surface area (Å²) in [6.45, 7) is 2.51. The van der Waals surface area contributed by atoms with Crippen molar-refractivity contribution in [2.75, 3.05) is 24.1 Å². The van der Waals surface area contributed by atoms with Crippen LogP contribution in [0.1, 0.15) is 60.5 Å². The van der Waals surface area contributed by atoms with Gasteiger partial charge in [0.15, 0.2) is 0 Å². The van der Waals surface area contributed by atoms with Gasteiger partial charge >= 0.3 is 162 Å². The van der Waals surface area contributed by atoms with Gasteiger partial charge in [-0.3, -0.25) is 4.79 Å². The van der Waals surface area contributed by atoms with Gasteiger partial charge in [-0.05, 0) is 18.2 Å². The third kappa shape index (κ3) is 7.41. The number of carbonyl (C=O) groups excluding carboxylic acids is 2. The van der Waals surface area contributed by atoms with E-state index in [9.17, 15) is 41.0 Å². The van der Waals surface area contributed by atoms with Gasteiger partial charge in [-0.25, -0.2) is 0 Å². The molecule has 1 atom stereocenters. The van der Waals surface area contributed by atoms with Gasteiger partial charge in [-0.1, -0.05) is 0 Å². The fourth-order valence-electron chi connectivity index (χ4n) is 5.49. The molecule has 0 bridgehead atoms. The molecule has 4 N–H and O–H groups in total. The monoisotopic (exact) mass is 689 g/mol. The molecule has 3 aliphatic rings. The molecule has 1 aliphatic carbocycles. The summed E-state index contributed by atoms with van der Waals surface area (Å²) in [7, 11) is 0. The van der Waals surface area contributed by atoms with Crippen LogP contribution in [0.5, 0.6) is 0 Å². The van der Waals surface area contributed by atoms with Gasteiger partial charge in [0.1, 0.15) is 0 Å². The van der Waals surface area contributed by atoms with Gasteiger partial charge in [0.05, 0.1) is 16.7 Å². The second-order valence-corrected chi connectivity index (χ2v) is 12.9. The van der Waals surface area contributed by atoms with Crippen LogP contribution in [0.25, 0.3) is 0 Å². The summed E-state index contributed by atoms with van der Waals surface area (Å²) in [4.78, 5) is 26.8. The normalized spacial score (nSPS) is 26.9. The Morgan fingerprint density at radius 3 is 2.42 bits per heavy atom. The summed E-state index contributed by atoms with van der Waals surface area (Å²) >= 11 is -0.169. The van der Waals surface area contributed by atoms with Crippen molar-refractivity contribution in [2.24, 2.45) is 5.92 Å². The average molecular weight is 689 g/mol. The van der Waals surface area contributed by atoms with E-state index < -0.39 is 53.0 Å². The van der Waals surface area contributed by atoms with Crippen LogP contribution < -0.4 is 35.6 Å². The van der Waals surface area contributed by atoms with Crippen LogP contribution in [-0.2, 0) is 17.1 Å². The van der Waals surface area contributed by atoms with Crippen molar-refractivity contribution in [1.29, 1.82) is 0 Å². The number of aliphatic hydroxyl groups is 1. The molecular weight excluding hydrogens is 657 g/mol. The van der Waals surface area contributed by atoms with E-state index in [0.29, 0.717) is 25.9 Å². The number of rotatable bonds is 6. The van der Waals surface area contributed by atoms with Gasteiger partial charge in [0, 0.05) is 0 Å². The molecule has 0 radical (unpaired) electrons. The molecule has 1 unspecified atom stereocenters. The number of nitrogens with zero attached hydrogens (tertiary/aromatic N) is 1. The molecule has 0 aromatic heterocycles. The predicted molar refractivity (Wildman–Crippen MR) is 129 cm³/mol. The molecular formula is C26H32F6IN4O3-. The molecule has 7 nitrogen and oxygen atoms in total. The van der Waals surface area contributed by atoms with Crippen LogP contribution in [0, 0.1) is 5.92 Å². The zero-order chi connectivity index (χ0) is 29.3. The maximum atomic E-state index is 13.3.